The second-order valence-corrected chi connectivity index (χ2v) is 8.57. The quantitative estimate of drug-likeness (QED) is 0.552. The van der Waals surface area contributed by atoms with E-state index < -0.39 is 12.0 Å². The van der Waals surface area contributed by atoms with E-state index in [9.17, 15) is 14.4 Å². The molecule has 2 aliphatic rings. The maximum atomic E-state index is 13.8. The lowest BCUT2D eigenvalue weighted by molar-refractivity contribution is -0.144. The molecule has 3 heterocycles. The molecule has 8 nitrogen and oxygen atoms in total. The summed E-state index contributed by atoms with van der Waals surface area (Å²) in [4.78, 5) is 40.2. The number of esters is 1. The van der Waals surface area contributed by atoms with Crippen molar-refractivity contribution >= 4 is 34.9 Å². The Morgan fingerprint density at radius 2 is 1.80 bits per heavy atom. The Morgan fingerprint density at radius 1 is 1.03 bits per heavy atom. The van der Waals surface area contributed by atoms with Crippen LogP contribution in [0.25, 0.3) is 5.69 Å². The summed E-state index contributed by atoms with van der Waals surface area (Å²) in [6.45, 7) is 2.40. The van der Waals surface area contributed by atoms with Gasteiger partial charge in [0.05, 0.1) is 12.3 Å². The van der Waals surface area contributed by atoms with Crippen LogP contribution in [0.5, 0.6) is 0 Å². The summed E-state index contributed by atoms with van der Waals surface area (Å²) < 4.78 is 6.79. The van der Waals surface area contributed by atoms with Crippen LogP contribution >= 0.6 is 11.6 Å². The third-order valence-corrected chi connectivity index (χ3v) is 6.27. The minimum Gasteiger partial charge on any atom is -0.465 e. The largest absolute Gasteiger partial charge is 0.465 e. The summed E-state index contributed by atoms with van der Waals surface area (Å²) in [6, 6.07) is 18.5. The van der Waals surface area contributed by atoms with Crippen LogP contribution in [0.4, 0.5) is 11.4 Å². The van der Waals surface area contributed by atoms with Gasteiger partial charge in [0.1, 0.15) is 11.7 Å². The van der Waals surface area contributed by atoms with E-state index in [0.717, 1.165) is 0 Å². The van der Waals surface area contributed by atoms with Crippen LogP contribution in [0.15, 0.2) is 89.0 Å². The minimum atomic E-state index is -0.748. The van der Waals surface area contributed by atoms with Crippen LogP contribution in [0.3, 0.4) is 0 Å². The molecule has 1 atom stereocenters. The fourth-order valence-corrected chi connectivity index (χ4v) is 4.61. The molecule has 35 heavy (non-hydrogen) atoms. The van der Waals surface area contributed by atoms with Gasteiger partial charge < -0.3 is 9.64 Å². The molecule has 3 aromatic rings. The van der Waals surface area contributed by atoms with Gasteiger partial charge in [-0.2, -0.15) is 0 Å². The summed E-state index contributed by atoms with van der Waals surface area (Å²) in [5, 5.41) is 2.13. The van der Waals surface area contributed by atoms with E-state index in [-0.39, 0.29) is 18.1 Å². The number of aromatic nitrogens is 1. The number of carbonyl (C=O) groups excluding carboxylic acids is 2. The van der Waals surface area contributed by atoms with Crippen molar-refractivity contribution < 1.29 is 14.3 Å². The number of carbonyl (C=O) groups is 2. The monoisotopic (exact) mass is 490 g/mol. The van der Waals surface area contributed by atoms with Crippen LogP contribution in [0.1, 0.15) is 13.3 Å². The number of hydrazine groups is 1. The lowest BCUT2D eigenvalue weighted by Crippen LogP contribution is -2.44. The maximum absolute atomic E-state index is 13.8. The Morgan fingerprint density at radius 3 is 2.51 bits per heavy atom. The molecule has 9 heteroatoms. The molecule has 0 fully saturated rings. The number of hydrogen-bond acceptors (Lipinski definition) is 6. The highest BCUT2D eigenvalue weighted by Gasteiger charge is 2.44. The molecule has 0 aliphatic carbocycles. The Balaban J connectivity index is 1.49. The van der Waals surface area contributed by atoms with Gasteiger partial charge in [0.2, 0.25) is 0 Å². The van der Waals surface area contributed by atoms with Gasteiger partial charge in [0, 0.05) is 35.2 Å². The number of amides is 1. The molecule has 1 unspecified atom stereocenters. The number of nitrogens with zero attached hydrogens (tertiary/aromatic N) is 3. The smallest absolute Gasteiger partial charge is 0.329 e. The number of rotatable bonds is 5. The number of pyridine rings is 1. The van der Waals surface area contributed by atoms with Gasteiger partial charge in [-0.15, -0.1) is 0 Å². The summed E-state index contributed by atoms with van der Waals surface area (Å²) in [7, 11) is 0. The van der Waals surface area contributed by atoms with Crippen LogP contribution < -0.4 is 20.9 Å². The van der Waals surface area contributed by atoms with Crippen LogP contribution in [-0.2, 0) is 14.3 Å². The fourth-order valence-electron chi connectivity index (χ4n) is 4.43. The van der Waals surface area contributed by atoms with E-state index in [2.05, 4.69) is 5.43 Å². The highest BCUT2D eigenvalue weighted by molar-refractivity contribution is 6.30. The van der Waals surface area contributed by atoms with Crippen molar-refractivity contribution in [3.05, 3.63) is 99.6 Å². The van der Waals surface area contributed by atoms with E-state index >= 15 is 0 Å². The number of nitrogens with one attached hydrogen (secondary N) is 1. The van der Waals surface area contributed by atoms with E-state index in [1.165, 1.54) is 10.6 Å². The molecule has 2 aromatic carbocycles. The summed E-state index contributed by atoms with van der Waals surface area (Å²) in [5.41, 5.74) is 6.13. The lowest BCUT2D eigenvalue weighted by Gasteiger charge is -2.31. The Hall–Kier alpha value is -3.88. The first-order valence-electron chi connectivity index (χ1n) is 11.3. The Bertz CT molecular complexity index is 1380. The average molecular weight is 491 g/mol. The molecule has 1 N–H and O–H groups in total. The second kappa shape index (κ2) is 9.40. The number of halogens is 1. The van der Waals surface area contributed by atoms with E-state index in [4.69, 9.17) is 16.3 Å². The third kappa shape index (κ3) is 4.22. The molecule has 0 saturated carbocycles. The minimum absolute atomic E-state index is 0.136. The third-order valence-electron chi connectivity index (χ3n) is 6.04. The maximum Gasteiger partial charge on any atom is 0.329 e. The van der Waals surface area contributed by atoms with Gasteiger partial charge in [-0.25, -0.2) is 10.2 Å². The van der Waals surface area contributed by atoms with Crippen LogP contribution in [0, 0.1) is 0 Å². The molecular formula is C26H23ClN4O4. The van der Waals surface area contributed by atoms with Crippen molar-refractivity contribution in [3.63, 3.8) is 0 Å². The first kappa shape index (κ1) is 22.9. The lowest BCUT2D eigenvalue weighted by atomic mass is 9.98. The van der Waals surface area contributed by atoms with Gasteiger partial charge in [-0.1, -0.05) is 23.7 Å². The van der Waals surface area contributed by atoms with E-state index in [1.807, 2.05) is 18.2 Å². The predicted octanol–water partition coefficient (Wildman–Crippen LogP) is 3.44. The van der Waals surface area contributed by atoms with Crippen LogP contribution in [-0.4, -0.2) is 35.6 Å². The molecule has 5 rings (SSSR count). The van der Waals surface area contributed by atoms with Crippen molar-refractivity contribution in [3.8, 4) is 5.69 Å². The van der Waals surface area contributed by atoms with Gasteiger partial charge in [-0.3, -0.25) is 19.2 Å². The zero-order valence-corrected chi connectivity index (χ0v) is 19.7. The molecule has 1 amide bonds. The SMILES string of the molecule is CCOC(=O)C1NN(c2cccc(Cl)c2)C2=C1CCN(c1ccc(-n3ccccc3=O)cc1)C2=O. The van der Waals surface area contributed by atoms with Gasteiger partial charge in [0.15, 0.2) is 0 Å². The molecule has 0 spiro atoms. The average Bonchev–Trinajstić information content (AvgIpc) is 3.26. The highest BCUT2D eigenvalue weighted by Crippen LogP contribution is 2.36. The number of ether oxygens (including phenoxy) is 1. The van der Waals surface area contributed by atoms with Crippen molar-refractivity contribution in [2.24, 2.45) is 0 Å². The molecule has 0 saturated heterocycles. The van der Waals surface area contributed by atoms with E-state index in [0.29, 0.717) is 46.3 Å². The first-order valence-corrected chi connectivity index (χ1v) is 11.7. The molecule has 2 aliphatic heterocycles. The van der Waals surface area contributed by atoms with Crippen molar-refractivity contribution in [2.45, 2.75) is 19.4 Å². The fraction of sp³-hybridized carbons (Fsp3) is 0.192. The van der Waals surface area contributed by atoms with Gasteiger partial charge in [-0.05, 0) is 67.4 Å². The normalized spacial score (nSPS) is 17.5. The molecule has 1 aromatic heterocycles. The first-order chi connectivity index (χ1) is 17.0. The van der Waals surface area contributed by atoms with Crippen molar-refractivity contribution in [1.29, 1.82) is 0 Å². The summed E-state index contributed by atoms with van der Waals surface area (Å²) in [5.74, 6) is -0.668. The Kier molecular flexibility index (Phi) is 6.15. The van der Waals surface area contributed by atoms with Gasteiger partial charge >= 0.3 is 5.97 Å². The number of benzene rings is 2. The highest BCUT2D eigenvalue weighted by atomic mass is 35.5. The summed E-state index contributed by atoms with van der Waals surface area (Å²) >= 11 is 6.20. The van der Waals surface area contributed by atoms with Crippen LogP contribution in [0.2, 0.25) is 5.02 Å². The standard InChI is InChI=1S/C26H23ClN4O4/c1-2-35-26(34)23-21-13-15-30(19-11-9-18(10-12-19)29-14-4-3-8-22(29)32)25(33)24(21)31(28-23)20-7-5-6-17(27)16-20/h3-12,14,16,23,28H,2,13,15H2,1H3. The zero-order chi connectivity index (χ0) is 24.5. The van der Waals surface area contributed by atoms with E-state index in [1.54, 1.807) is 65.5 Å². The van der Waals surface area contributed by atoms with Crippen molar-refractivity contribution in [1.82, 2.24) is 9.99 Å². The molecular weight excluding hydrogens is 468 g/mol. The summed E-state index contributed by atoms with van der Waals surface area (Å²) in [6.07, 6.45) is 2.19. The van der Waals surface area contributed by atoms with Gasteiger partial charge in [0.25, 0.3) is 11.5 Å². The predicted molar refractivity (Wildman–Crippen MR) is 134 cm³/mol. The number of hydrogen-bond donors (Lipinski definition) is 1. The molecule has 178 valence electrons. The topological polar surface area (TPSA) is 83.9 Å². The molecule has 0 radical (unpaired) electrons. The molecule has 0 bridgehead atoms. The number of anilines is 2. The second-order valence-electron chi connectivity index (χ2n) is 8.14. The zero-order valence-electron chi connectivity index (χ0n) is 19.0. The van der Waals surface area contributed by atoms with Crippen molar-refractivity contribution in [2.75, 3.05) is 23.1 Å². The Labute approximate surface area is 206 Å².